The average Bonchev–Trinajstić information content (AvgIpc) is 3.02. The van der Waals surface area contributed by atoms with E-state index in [2.05, 4.69) is 15.4 Å². The molecule has 9 heteroatoms. The number of aliphatic carboxylic acids is 1. The van der Waals surface area contributed by atoms with Gasteiger partial charge in [0.2, 0.25) is 11.7 Å². The van der Waals surface area contributed by atoms with Crippen molar-refractivity contribution in [1.29, 1.82) is 0 Å². The van der Waals surface area contributed by atoms with Gasteiger partial charge in [0.1, 0.15) is 18.1 Å². The van der Waals surface area contributed by atoms with Crippen LogP contribution in [0.3, 0.4) is 0 Å². The maximum absolute atomic E-state index is 11.3. The van der Waals surface area contributed by atoms with E-state index in [1.54, 1.807) is 12.1 Å². The highest BCUT2D eigenvalue weighted by atomic mass is 16.5. The highest BCUT2D eigenvalue weighted by molar-refractivity contribution is 5.90. The Bertz CT molecular complexity index is 773. The molecule has 1 aromatic carbocycles. The van der Waals surface area contributed by atoms with Gasteiger partial charge in [-0.1, -0.05) is 0 Å². The molecule has 0 aliphatic carbocycles. The van der Waals surface area contributed by atoms with Gasteiger partial charge in [-0.3, -0.25) is 0 Å². The second kappa shape index (κ2) is 5.52. The Kier molecular flexibility index (Phi) is 3.53. The maximum Gasteiger partial charge on any atom is 0.352 e. The highest BCUT2D eigenvalue weighted by Gasteiger charge is 2.27. The van der Waals surface area contributed by atoms with Crippen LogP contribution in [0.2, 0.25) is 0 Å². The van der Waals surface area contributed by atoms with E-state index in [1.807, 2.05) is 0 Å². The van der Waals surface area contributed by atoms with Crippen molar-refractivity contribution in [2.24, 2.45) is 0 Å². The minimum absolute atomic E-state index is 0.0125. The van der Waals surface area contributed by atoms with Gasteiger partial charge in [0, 0.05) is 0 Å². The van der Waals surface area contributed by atoms with Crippen LogP contribution in [-0.4, -0.2) is 45.2 Å². The minimum Gasteiger partial charge on any atom is -0.502 e. The van der Waals surface area contributed by atoms with Crippen LogP contribution in [-0.2, 0) is 4.79 Å². The minimum atomic E-state index is -1.11. The molecule has 1 aliphatic rings. The molecule has 1 aromatic heterocycles. The topological polar surface area (TPSA) is 119 Å². The summed E-state index contributed by atoms with van der Waals surface area (Å²) in [6.45, 7) is 0. The normalized spacial score (nSPS) is 16.1. The molecule has 3 rings (SSSR count). The Hall–Kier alpha value is -3.23. The van der Waals surface area contributed by atoms with E-state index in [4.69, 9.17) is 9.47 Å². The lowest BCUT2D eigenvalue weighted by Crippen LogP contribution is -2.24. The molecule has 23 heavy (non-hydrogen) atoms. The first-order chi connectivity index (χ1) is 11.0. The number of carbonyl (C=O) groups is 1. The molecule has 0 spiro atoms. The lowest BCUT2D eigenvalue weighted by Gasteiger charge is -2.23. The zero-order chi connectivity index (χ0) is 16.6. The number of methoxy groups -OCH3 is 2. The molecule has 0 bridgehead atoms. The number of fused-ring (bicyclic) bond motifs is 1. The number of aromatic nitrogens is 3. The van der Waals surface area contributed by atoms with Crippen molar-refractivity contribution in [1.82, 2.24) is 14.8 Å². The fourth-order valence-electron chi connectivity index (χ4n) is 2.38. The first-order valence-corrected chi connectivity index (χ1v) is 6.61. The highest BCUT2D eigenvalue weighted by Crippen LogP contribution is 2.40. The van der Waals surface area contributed by atoms with Gasteiger partial charge in [0.25, 0.3) is 0 Å². The van der Waals surface area contributed by atoms with Crippen molar-refractivity contribution in [3.05, 3.63) is 35.8 Å². The number of hydrogen-bond donors (Lipinski definition) is 3. The van der Waals surface area contributed by atoms with Crippen LogP contribution in [0.15, 0.2) is 30.2 Å². The monoisotopic (exact) mass is 318 g/mol. The molecule has 0 saturated heterocycles. The number of nitrogens with one attached hydrogen (secondary N) is 1. The number of rotatable bonds is 4. The molecule has 3 N–H and O–H groups in total. The number of phenols is 1. The van der Waals surface area contributed by atoms with Gasteiger partial charge >= 0.3 is 5.97 Å². The quantitative estimate of drug-likeness (QED) is 0.763. The van der Waals surface area contributed by atoms with Crippen molar-refractivity contribution < 1.29 is 24.5 Å². The third-order valence-corrected chi connectivity index (χ3v) is 3.48. The summed E-state index contributed by atoms with van der Waals surface area (Å²) in [5.41, 5.74) is 0.616. The van der Waals surface area contributed by atoms with Crippen LogP contribution in [0.1, 0.15) is 11.6 Å². The summed E-state index contributed by atoms with van der Waals surface area (Å²) < 4.78 is 11.8. The largest absolute Gasteiger partial charge is 0.502 e. The van der Waals surface area contributed by atoms with E-state index in [1.165, 1.54) is 31.3 Å². The molecule has 120 valence electrons. The molecule has 2 aromatic rings. The van der Waals surface area contributed by atoms with Crippen molar-refractivity contribution in [2.75, 3.05) is 19.5 Å². The predicted molar refractivity (Wildman–Crippen MR) is 78.7 cm³/mol. The van der Waals surface area contributed by atoms with Gasteiger partial charge in [-0.15, -0.1) is 0 Å². The van der Waals surface area contributed by atoms with Crippen molar-refractivity contribution in [3.8, 4) is 17.2 Å². The lowest BCUT2D eigenvalue weighted by molar-refractivity contribution is -0.132. The number of carboxylic acid groups (broad SMARTS) is 1. The third-order valence-electron chi connectivity index (χ3n) is 3.48. The summed E-state index contributed by atoms with van der Waals surface area (Å²) >= 11 is 0. The summed E-state index contributed by atoms with van der Waals surface area (Å²) in [6, 6.07) is 2.65. The lowest BCUT2D eigenvalue weighted by atomic mass is 10.0. The fraction of sp³-hybridized carbons (Fsp3) is 0.214. The van der Waals surface area contributed by atoms with Gasteiger partial charge in [0.05, 0.1) is 14.2 Å². The van der Waals surface area contributed by atoms with Crippen LogP contribution in [0.25, 0.3) is 0 Å². The van der Waals surface area contributed by atoms with E-state index >= 15 is 0 Å². The molecule has 0 unspecified atom stereocenters. The second-order valence-corrected chi connectivity index (χ2v) is 4.76. The molecular formula is C14H14N4O5. The van der Waals surface area contributed by atoms with Gasteiger partial charge in [0.15, 0.2) is 11.5 Å². The Balaban J connectivity index is 2.16. The molecule has 1 atom stereocenters. The van der Waals surface area contributed by atoms with Crippen LogP contribution < -0.4 is 14.8 Å². The molecule has 0 radical (unpaired) electrons. The van der Waals surface area contributed by atoms with Crippen molar-refractivity contribution in [3.63, 3.8) is 0 Å². The number of carboxylic acids is 1. The molecule has 9 nitrogen and oxygen atoms in total. The average molecular weight is 318 g/mol. The summed E-state index contributed by atoms with van der Waals surface area (Å²) in [7, 11) is 2.83. The molecule has 0 fully saturated rings. The molecule has 1 aliphatic heterocycles. The zero-order valence-electron chi connectivity index (χ0n) is 12.3. The summed E-state index contributed by atoms with van der Waals surface area (Å²) in [5, 5.41) is 26.0. The second-order valence-electron chi connectivity index (χ2n) is 4.76. The Morgan fingerprint density at radius 3 is 2.52 bits per heavy atom. The fourth-order valence-corrected chi connectivity index (χ4v) is 2.38. The number of allylic oxidation sites excluding steroid dienone is 1. The zero-order valence-corrected chi connectivity index (χ0v) is 12.3. The summed E-state index contributed by atoms with van der Waals surface area (Å²) in [5.74, 6) is -0.508. The first-order valence-electron chi connectivity index (χ1n) is 6.61. The van der Waals surface area contributed by atoms with Crippen LogP contribution in [0.5, 0.6) is 17.2 Å². The number of ether oxygens (including phenoxy) is 2. The summed E-state index contributed by atoms with van der Waals surface area (Å²) in [4.78, 5) is 15.3. The molecule has 0 amide bonds. The summed E-state index contributed by atoms with van der Waals surface area (Å²) in [6.07, 6.45) is 2.82. The van der Waals surface area contributed by atoms with Crippen LogP contribution in [0.4, 0.5) is 5.95 Å². The van der Waals surface area contributed by atoms with E-state index in [9.17, 15) is 15.0 Å². The smallest absolute Gasteiger partial charge is 0.352 e. The first kappa shape index (κ1) is 14.7. The molecular weight excluding hydrogens is 304 g/mol. The van der Waals surface area contributed by atoms with E-state index in [-0.39, 0.29) is 22.9 Å². The Morgan fingerprint density at radius 2 is 1.96 bits per heavy atom. The standard InChI is InChI=1S/C14H14N4O5/c1-22-10-3-7(4-11(23-2)12(10)19)9-5-8(13(20)21)17-14-15-6-16-18(9)14/h3-6,9,19H,1-2H3,(H,20,21)(H,15,16,17)/t9-/m1/s1. The van der Waals surface area contributed by atoms with Crippen molar-refractivity contribution in [2.45, 2.75) is 6.04 Å². The third kappa shape index (κ3) is 2.41. The number of anilines is 1. The van der Waals surface area contributed by atoms with Crippen LogP contribution >= 0.6 is 0 Å². The maximum atomic E-state index is 11.3. The van der Waals surface area contributed by atoms with Crippen LogP contribution in [0, 0.1) is 0 Å². The van der Waals surface area contributed by atoms with E-state index in [0.717, 1.165) is 0 Å². The number of benzene rings is 1. The number of nitrogens with zero attached hydrogens (tertiary/aromatic N) is 3. The van der Waals surface area contributed by atoms with Gasteiger partial charge in [-0.25, -0.2) is 9.48 Å². The van der Waals surface area contributed by atoms with Gasteiger partial charge in [-0.05, 0) is 23.8 Å². The SMILES string of the molecule is COc1cc([C@H]2C=C(C(=O)O)Nc3ncnn32)cc(OC)c1O. The number of phenolic OH excluding ortho intramolecular Hbond substituents is 1. The van der Waals surface area contributed by atoms with E-state index in [0.29, 0.717) is 11.5 Å². The molecule has 0 saturated carbocycles. The predicted octanol–water partition coefficient (Wildman–Crippen LogP) is 0.984. The van der Waals surface area contributed by atoms with Gasteiger partial charge < -0.3 is 25.0 Å². The van der Waals surface area contributed by atoms with Gasteiger partial charge in [-0.2, -0.15) is 10.1 Å². The molecule has 2 heterocycles. The Labute approximate surface area is 130 Å². The number of hydrogen-bond acceptors (Lipinski definition) is 7. The van der Waals surface area contributed by atoms with E-state index < -0.39 is 12.0 Å². The number of aromatic hydroxyl groups is 1. The van der Waals surface area contributed by atoms with Crippen molar-refractivity contribution >= 4 is 11.9 Å². The Morgan fingerprint density at radius 1 is 1.30 bits per heavy atom.